The van der Waals surface area contributed by atoms with Gasteiger partial charge in [0.1, 0.15) is 5.82 Å². The smallest absolute Gasteiger partial charge is 0.240 e. The van der Waals surface area contributed by atoms with Crippen LogP contribution in [0, 0.1) is 5.82 Å². The van der Waals surface area contributed by atoms with Crippen molar-refractivity contribution < 1.29 is 13.9 Å². The highest BCUT2D eigenvalue weighted by atomic mass is 19.1. The summed E-state index contributed by atoms with van der Waals surface area (Å²) in [7, 11) is 1.57. The SMILES string of the molecule is COc1ncccc1CN(Cc1ccccc1F)C(=O)C(C)N1CCc2ccccc2C1c1cccc2ccccc12. The first kappa shape index (κ1) is 27.6. The van der Waals surface area contributed by atoms with Crippen LogP contribution in [-0.2, 0) is 24.3 Å². The average molecular weight is 560 g/mol. The zero-order valence-electron chi connectivity index (χ0n) is 23.9. The molecule has 0 fully saturated rings. The molecule has 0 bridgehead atoms. The molecule has 0 saturated heterocycles. The number of aromatic nitrogens is 1. The minimum absolute atomic E-state index is 0.0752. The molecule has 0 saturated carbocycles. The quantitative estimate of drug-likeness (QED) is 0.206. The molecule has 5 aromatic rings. The Morgan fingerprint density at radius 2 is 1.60 bits per heavy atom. The number of halogens is 1. The second kappa shape index (κ2) is 12.1. The van der Waals surface area contributed by atoms with E-state index in [0.29, 0.717) is 11.4 Å². The molecular weight excluding hydrogens is 525 g/mol. The number of hydrogen-bond acceptors (Lipinski definition) is 4. The van der Waals surface area contributed by atoms with E-state index in [0.717, 1.165) is 18.5 Å². The van der Waals surface area contributed by atoms with Gasteiger partial charge in [-0.25, -0.2) is 9.37 Å². The minimum Gasteiger partial charge on any atom is -0.481 e. The van der Waals surface area contributed by atoms with E-state index in [1.807, 2.05) is 19.1 Å². The Bertz CT molecular complexity index is 1720. The first-order valence-electron chi connectivity index (χ1n) is 14.4. The lowest BCUT2D eigenvalue weighted by atomic mass is 9.85. The lowest BCUT2D eigenvalue weighted by Crippen LogP contribution is -2.50. The third kappa shape index (κ3) is 5.38. The van der Waals surface area contributed by atoms with Gasteiger partial charge in [0.05, 0.1) is 25.7 Å². The molecule has 4 aromatic carbocycles. The first-order chi connectivity index (χ1) is 20.5. The maximum absolute atomic E-state index is 14.9. The average Bonchev–Trinajstić information content (AvgIpc) is 3.04. The molecule has 5 nitrogen and oxygen atoms in total. The molecule has 212 valence electrons. The Labute approximate surface area is 246 Å². The van der Waals surface area contributed by atoms with Crippen LogP contribution in [0.5, 0.6) is 5.88 Å². The molecular formula is C36H34FN3O2. The Balaban J connectivity index is 1.40. The summed E-state index contributed by atoms with van der Waals surface area (Å²) in [4.78, 5) is 22.9. The summed E-state index contributed by atoms with van der Waals surface area (Å²) in [5, 5.41) is 2.34. The van der Waals surface area contributed by atoms with Crippen molar-refractivity contribution in [1.82, 2.24) is 14.8 Å². The van der Waals surface area contributed by atoms with Gasteiger partial charge < -0.3 is 9.64 Å². The van der Waals surface area contributed by atoms with Gasteiger partial charge in [0.25, 0.3) is 0 Å². The van der Waals surface area contributed by atoms with E-state index in [1.165, 1.54) is 33.5 Å². The van der Waals surface area contributed by atoms with Crippen LogP contribution in [0.15, 0.2) is 109 Å². The van der Waals surface area contributed by atoms with Crippen molar-refractivity contribution in [3.05, 3.63) is 143 Å². The molecule has 1 aromatic heterocycles. The van der Waals surface area contributed by atoms with Crippen molar-refractivity contribution in [2.75, 3.05) is 13.7 Å². The van der Waals surface area contributed by atoms with Crippen molar-refractivity contribution in [3.8, 4) is 5.88 Å². The maximum atomic E-state index is 14.9. The number of benzene rings is 4. The molecule has 0 radical (unpaired) electrons. The highest BCUT2D eigenvalue weighted by molar-refractivity contribution is 5.87. The number of carbonyl (C=O) groups is 1. The Kier molecular flexibility index (Phi) is 7.97. The molecule has 1 aliphatic heterocycles. The molecule has 2 heterocycles. The van der Waals surface area contributed by atoms with Crippen LogP contribution in [0.3, 0.4) is 0 Å². The second-order valence-corrected chi connectivity index (χ2v) is 10.8. The number of nitrogens with zero attached hydrogens (tertiary/aromatic N) is 3. The van der Waals surface area contributed by atoms with Crippen molar-refractivity contribution in [2.24, 2.45) is 0 Å². The number of ether oxygens (including phenoxy) is 1. The van der Waals surface area contributed by atoms with Gasteiger partial charge in [-0.05, 0) is 52.9 Å². The van der Waals surface area contributed by atoms with E-state index in [2.05, 4.69) is 76.6 Å². The predicted octanol–water partition coefficient (Wildman–Crippen LogP) is 6.95. The molecule has 1 amide bonds. The van der Waals surface area contributed by atoms with Crippen molar-refractivity contribution in [1.29, 1.82) is 0 Å². The van der Waals surface area contributed by atoms with Crippen LogP contribution in [0.25, 0.3) is 10.8 Å². The molecule has 0 aliphatic carbocycles. The Morgan fingerprint density at radius 1 is 0.905 bits per heavy atom. The molecule has 0 spiro atoms. The first-order valence-corrected chi connectivity index (χ1v) is 14.4. The zero-order valence-corrected chi connectivity index (χ0v) is 23.9. The van der Waals surface area contributed by atoms with Gasteiger partial charge in [0, 0.05) is 30.4 Å². The molecule has 6 heteroatoms. The summed E-state index contributed by atoms with van der Waals surface area (Å²) in [5.74, 6) is 0.0485. The highest BCUT2D eigenvalue weighted by Crippen LogP contribution is 2.39. The van der Waals surface area contributed by atoms with Crippen LogP contribution in [0.4, 0.5) is 4.39 Å². The van der Waals surface area contributed by atoms with E-state index in [4.69, 9.17) is 4.74 Å². The van der Waals surface area contributed by atoms with Gasteiger partial charge in [-0.15, -0.1) is 0 Å². The molecule has 1 aliphatic rings. The summed E-state index contributed by atoms with van der Waals surface area (Å²) in [6, 6.07) is 33.1. The van der Waals surface area contributed by atoms with E-state index < -0.39 is 6.04 Å². The fraction of sp³-hybridized carbons (Fsp3) is 0.222. The van der Waals surface area contributed by atoms with E-state index in [-0.39, 0.29) is 30.9 Å². The largest absolute Gasteiger partial charge is 0.481 e. The van der Waals surface area contributed by atoms with Crippen LogP contribution < -0.4 is 4.74 Å². The summed E-state index contributed by atoms with van der Waals surface area (Å²) in [5.41, 5.74) is 4.93. The van der Waals surface area contributed by atoms with Crippen molar-refractivity contribution in [3.63, 3.8) is 0 Å². The number of amides is 1. The van der Waals surface area contributed by atoms with Gasteiger partial charge in [-0.1, -0.05) is 91.0 Å². The Morgan fingerprint density at radius 3 is 2.45 bits per heavy atom. The number of carbonyl (C=O) groups excluding carboxylic acids is 1. The molecule has 42 heavy (non-hydrogen) atoms. The molecule has 2 atom stereocenters. The number of methoxy groups -OCH3 is 1. The standard InChI is InChI=1S/C36H34FN3O2/c1-25(36(41)39(23-28-13-5-8-19-33(28)37)24-29-15-10-21-38-35(29)42-2)40-22-20-27-12-4-7-17-31(27)34(40)32-18-9-14-26-11-3-6-16-30(26)32/h3-19,21,25,34H,20,22-24H2,1-2H3. The van der Waals surface area contributed by atoms with E-state index in [1.54, 1.807) is 36.4 Å². The van der Waals surface area contributed by atoms with Gasteiger partial charge in [-0.3, -0.25) is 9.69 Å². The van der Waals surface area contributed by atoms with Gasteiger partial charge >= 0.3 is 0 Å². The summed E-state index contributed by atoms with van der Waals surface area (Å²) < 4.78 is 20.4. The lowest BCUT2D eigenvalue weighted by Gasteiger charge is -2.42. The van der Waals surface area contributed by atoms with Crippen molar-refractivity contribution >= 4 is 16.7 Å². The predicted molar refractivity (Wildman–Crippen MR) is 164 cm³/mol. The van der Waals surface area contributed by atoms with E-state index in [9.17, 15) is 9.18 Å². The summed E-state index contributed by atoms with van der Waals surface area (Å²) in [6.45, 7) is 3.08. The number of hydrogen-bond donors (Lipinski definition) is 0. The number of pyridine rings is 1. The zero-order chi connectivity index (χ0) is 29.1. The van der Waals surface area contributed by atoms with Crippen LogP contribution in [0.1, 0.15) is 40.8 Å². The number of fused-ring (bicyclic) bond motifs is 2. The Hall–Kier alpha value is -4.55. The number of rotatable bonds is 8. The van der Waals surface area contributed by atoms with Crippen molar-refractivity contribution in [2.45, 2.75) is 38.5 Å². The monoisotopic (exact) mass is 559 g/mol. The minimum atomic E-state index is -0.475. The van der Waals surface area contributed by atoms with Gasteiger partial charge in [0.15, 0.2) is 0 Å². The third-order valence-corrected chi connectivity index (χ3v) is 8.33. The summed E-state index contributed by atoms with van der Waals surface area (Å²) in [6.07, 6.45) is 2.51. The lowest BCUT2D eigenvalue weighted by molar-refractivity contribution is -0.138. The summed E-state index contributed by atoms with van der Waals surface area (Å²) >= 11 is 0. The fourth-order valence-electron chi connectivity index (χ4n) is 6.22. The normalized spacial score (nSPS) is 15.6. The van der Waals surface area contributed by atoms with Crippen LogP contribution >= 0.6 is 0 Å². The highest BCUT2D eigenvalue weighted by Gasteiger charge is 2.37. The molecule has 6 rings (SSSR count). The third-order valence-electron chi connectivity index (χ3n) is 8.33. The topological polar surface area (TPSA) is 45.7 Å². The maximum Gasteiger partial charge on any atom is 0.240 e. The van der Waals surface area contributed by atoms with Gasteiger partial charge in [0.2, 0.25) is 11.8 Å². The molecule has 0 N–H and O–H groups in total. The fourth-order valence-corrected chi connectivity index (χ4v) is 6.22. The van der Waals surface area contributed by atoms with Gasteiger partial charge in [-0.2, -0.15) is 0 Å². The molecule has 2 unspecified atom stereocenters. The van der Waals surface area contributed by atoms with E-state index >= 15 is 0 Å². The van der Waals surface area contributed by atoms with Crippen LogP contribution in [0.2, 0.25) is 0 Å². The second-order valence-electron chi connectivity index (χ2n) is 10.8. The van der Waals surface area contributed by atoms with Crippen LogP contribution in [-0.4, -0.2) is 40.4 Å².